The predicted molar refractivity (Wildman–Crippen MR) is 130 cm³/mol. The van der Waals surface area contributed by atoms with Gasteiger partial charge < -0.3 is 19.3 Å². The lowest BCUT2D eigenvalue weighted by atomic mass is 9.94. The summed E-state index contributed by atoms with van der Waals surface area (Å²) in [6, 6.07) is 17.7. The van der Waals surface area contributed by atoms with Crippen LogP contribution in [0.4, 0.5) is 11.4 Å². The fourth-order valence-corrected chi connectivity index (χ4v) is 4.69. The highest BCUT2D eigenvalue weighted by atomic mass is 16.3. The Balaban J connectivity index is 1.53. The molecule has 1 unspecified atom stereocenters. The summed E-state index contributed by atoms with van der Waals surface area (Å²) in [7, 11) is 2.12. The topological polar surface area (TPSA) is 77.2 Å². The Morgan fingerprint density at radius 2 is 1.68 bits per heavy atom. The average Bonchev–Trinajstić information content (AvgIpc) is 3.47. The maximum absolute atomic E-state index is 13.3. The van der Waals surface area contributed by atoms with E-state index >= 15 is 0 Å². The smallest absolute Gasteiger partial charge is 0.294 e. The van der Waals surface area contributed by atoms with Gasteiger partial charge in [-0.25, -0.2) is 0 Å². The SMILES string of the molecule is Cc1cccc(C2C(C(=O)c3ccco3)=C(O)C(=O)N2c2ccc(N3CCN(C)CC3)cc2)c1. The molecule has 7 nitrogen and oxygen atoms in total. The maximum Gasteiger partial charge on any atom is 0.294 e. The normalized spacial score (nSPS) is 19.2. The van der Waals surface area contributed by atoms with Crippen molar-refractivity contribution in [3.8, 4) is 0 Å². The summed E-state index contributed by atoms with van der Waals surface area (Å²) in [5.74, 6) is -1.57. The summed E-state index contributed by atoms with van der Waals surface area (Å²) < 4.78 is 5.30. The number of carbonyl (C=O) groups is 2. The first kappa shape index (κ1) is 22.0. The number of aliphatic hydroxyl groups excluding tert-OH is 1. The fourth-order valence-electron chi connectivity index (χ4n) is 4.69. The molecule has 2 aliphatic rings. The van der Waals surface area contributed by atoms with Gasteiger partial charge in [-0.1, -0.05) is 29.8 Å². The molecule has 2 aromatic carbocycles. The third-order valence-electron chi connectivity index (χ3n) is 6.55. The number of benzene rings is 2. The highest BCUT2D eigenvalue weighted by molar-refractivity contribution is 6.20. The minimum atomic E-state index is -0.764. The molecule has 0 saturated carbocycles. The number of aliphatic hydroxyl groups is 1. The van der Waals surface area contributed by atoms with E-state index in [0.29, 0.717) is 5.69 Å². The van der Waals surface area contributed by atoms with Gasteiger partial charge in [0, 0.05) is 37.6 Å². The monoisotopic (exact) mass is 457 g/mol. The van der Waals surface area contributed by atoms with Crippen molar-refractivity contribution >= 4 is 23.1 Å². The van der Waals surface area contributed by atoms with E-state index in [0.717, 1.165) is 43.0 Å². The van der Waals surface area contributed by atoms with Gasteiger partial charge in [0.25, 0.3) is 5.91 Å². The predicted octanol–water partition coefficient (Wildman–Crippen LogP) is 4.12. The fraction of sp³-hybridized carbons (Fsp3) is 0.259. The first-order valence-corrected chi connectivity index (χ1v) is 11.4. The van der Waals surface area contributed by atoms with Crippen LogP contribution in [0.15, 0.2) is 82.7 Å². The van der Waals surface area contributed by atoms with Crippen LogP contribution in [0.3, 0.4) is 0 Å². The largest absolute Gasteiger partial charge is 0.503 e. The Morgan fingerprint density at radius 3 is 2.32 bits per heavy atom. The van der Waals surface area contributed by atoms with Gasteiger partial charge in [-0.05, 0) is 55.9 Å². The number of hydrogen-bond acceptors (Lipinski definition) is 6. The molecule has 3 heterocycles. The number of carbonyl (C=O) groups excluding carboxylic acids is 2. The van der Waals surface area contributed by atoms with Crippen LogP contribution in [-0.2, 0) is 4.79 Å². The molecule has 174 valence electrons. The first-order valence-electron chi connectivity index (χ1n) is 11.4. The highest BCUT2D eigenvalue weighted by Gasteiger charge is 2.45. The summed E-state index contributed by atoms with van der Waals surface area (Å²) in [6.07, 6.45) is 1.40. The minimum absolute atomic E-state index is 0.0219. The molecular formula is C27H27N3O4. The molecule has 2 aliphatic heterocycles. The summed E-state index contributed by atoms with van der Waals surface area (Å²) in [6.45, 7) is 5.83. The number of aryl methyl sites for hydroxylation is 1. The van der Waals surface area contributed by atoms with Crippen molar-refractivity contribution in [3.63, 3.8) is 0 Å². The summed E-state index contributed by atoms with van der Waals surface area (Å²) in [5, 5.41) is 10.9. The molecule has 1 atom stereocenters. The zero-order valence-corrected chi connectivity index (χ0v) is 19.3. The molecule has 34 heavy (non-hydrogen) atoms. The van der Waals surface area contributed by atoms with Crippen molar-refractivity contribution in [2.45, 2.75) is 13.0 Å². The highest BCUT2D eigenvalue weighted by Crippen LogP contribution is 2.42. The summed E-state index contributed by atoms with van der Waals surface area (Å²) >= 11 is 0. The van der Waals surface area contributed by atoms with Crippen molar-refractivity contribution in [1.29, 1.82) is 0 Å². The zero-order valence-electron chi connectivity index (χ0n) is 19.3. The molecule has 1 aromatic heterocycles. The van der Waals surface area contributed by atoms with Gasteiger partial charge in [0.15, 0.2) is 11.5 Å². The summed E-state index contributed by atoms with van der Waals surface area (Å²) in [4.78, 5) is 32.7. The maximum atomic E-state index is 13.3. The van der Waals surface area contributed by atoms with E-state index in [9.17, 15) is 14.7 Å². The molecule has 1 N–H and O–H groups in total. The number of likely N-dealkylation sites (N-methyl/N-ethyl adjacent to an activating group) is 1. The molecule has 1 amide bonds. The quantitative estimate of drug-likeness (QED) is 0.581. The van der Waals surface area contributed by atoms with Crippen LogP contribution in [0, 0.1) is 6.92 Å². The number of hydrogen-bond donors (Lipinski definition) is 1. The van der Waals surface area contributed by atoms with E-state index in [4.69, 9.17) is 4.42 Å². The lowest BCUT2D eigenvalue weighted by Crippen LogP contribution is -2.44. The van der Waals surface area contributed by atoms with Crippen molar-refractivity contribution in [1.82, 2.24) is 4.90 Å². The van der Waals surface area contributed by atoms with E-state index in [1.165, 1.54) is 17.2 Å². The standard InChI is InChI=1S/C27H27N3O4/c1-18-5-3-6-19(17-18)24-23(25(31)22-7-4-16-34-22)26(32)27(33)30(24)21-10-8-20(9-11-21)29-14-12-28(2)13-15-29/h3-11,16-17,24,32H,12-15H2,1-2H3. The minimum Gasteiger partial charge on any atom is -0.503 e. The first-order chi connectivity index (χ1) is 16.4. The number of piperazine rings is 1. The van der Waals surface area contributed by atoms with E-state index in [2.05, 4.69) is 16.8 Å². The third kappa shape index (κ3) is 3.88. The van der Waals surface area contributed by atoms with Crippen LogP contribution in [0.25, 0.3) is 0 Å². The van der Waals surface area contributed by atoms with Gasteiger partial charge in [0.05, 0.1) is 17.9 Å². The van der Waals surface area contributed by atoms with E-state index < -0.39 is 23.5 Å². The Kier molecular flexibility index (Phi) is 5.71. The number of nitrogens with zero attached hydrogens (tertiary/aromatic N) is 3. The van der Waals surface area contributed by atoms with Crippen LogP contribution < -0.4 is 9.80 Å². The van der Waals surface area contributed by atoms with E-state index in [1.54, 1.807) is 6.07 Å². The number of ketones is 1. The molecule has 7 heteroatoms. The van der Waals surface area contributed by atoms with Gasteiger partial charge in [0.2, 0.25) is 5.78 Å². The molecular weight excluding hydrogens is 430 g/mol. The number of rotatable bonds is 5. The van der Waals surface area contributed by atoms with Gasteiger partial charge >= 0.3 is 0 Å². The van der Waals surface area contributed by atoms with Crippen molar-refractivity contribution in [3.05, 3.63) is 95.1 Å². The van der Waals surface area contributed by atoms with Crippen LogP contribution in [0.1, 0.15) is 27.7 Å². The van der Waals surface area contributed by atoms with Crippen molar-refractivity contribution in [2.24, 2.45) is 0 Å². The Morgan fingerprint density at radius 1 is 0.971 bits per heavy atom. The van der Waals surface area contributed by atoms with Crippen molar-refractivity contribution in [2.75, 3.05) is 43.0 Å². The van der Waals surface area contributed by atoms with Gasteiger partial charge in [-0.15, -0.1) is 0 Å². The number of amides is 1. The Bertz CT molecular complexity index is 1240. The van der Waals surface area contributed by atoms with Crippen LogP contribution in [-0.4, -0.2) is 54.9 Å². The molecule has 3 aromatic rings. The van der Waals surface area contributed by atoms with E-state index in [1.807, 2.05) is 55.5 Å². The van der Waals surface area contributed by atoms with Gasteiger partial charge in [-0.3, -0.25) is 14.5 Å². The van der Waals surface area contributed by atoms with Gasteiger partial charge in [-0.2, -0.15) is 0 Å². The number of Topliss-reactive ketones (excluding diaryl/α,β-unsaturated/α-hetero) is 1. The zero-order chi connectivity index (χ0) is 23.8. The second-order valence-corrected chi connectivity index (χ2v) is 8.87. The second kappa shape index (κ2) is 8.83. The molecule has 0 aliphatic carbocycles. The lowest BCUT2D eigenvalue weighted by molar-refractivity contribution is -0.117. The summed E-state index contributed by atoms with van der Waals surface area (Å²) in [5.41, 5.74) is 3.46. The molecule has 0 radical (unpaired) electrons. The van der Waals surface area contributed by atoms with Crippen molar-refractivity contribution < 1.29 is 19.1 Å². The third-order valence-corrected chi connectivity index (χ3v) is 6.55. The Hall–Kier alpha value is -3.84. The second-order valence-electron chi connectivity index (χ2n) is 8.87. The molecule has 0 spiro atoms. The molecule has 1 saturated heterocycles. The number of furan rings is 1. The van der Waals surface area contributed by atoms with Crippen LogP contribution >= 0.6 is 0 Å². The van der Waals surface area contributed by atoms with Gasteiger partial charge in [0.1, 0.15) is 0 Å². The molecule has 0 bridgehead atoms. The lowest BCUT2D eigenvalue weighted by Gasteiger charge is -2.34. The number of anilines is 2. The Labute approximate surface area is 198 Å². The van der Waals surface area contributed by atoms with Crippen LogP contribution in [0.5, 0.6) is 0 Å². The average molecular weight is 458 g/mol. The van der Waals surface area contributed by atoms with Crippen LogP contribution in [0.2, 0.25) is 0 Å². The van der Waals surface area contributed by atoms with E-state index in [-0.39, 0.29) is 11.3 Å². The molecule has 5 rings (SSSR count). The molecule has 1 fully saturated rings.